The Morgan fingerprint density at radius 2 is 1.97 bits per heavy atom. The van der Waals surface area contributed by atoms with Crippen LogP contribution in [0.2, 0.25) is 0 Å². The molecule has 5 nitrogen and oxygen atoms in total. The van der Waals surface area contributed by atoms with E-state index in [1.54, 1.807) is 11.3 Å². The van der Waals surface area contributed by atoms with Crippen LogP contribution < -0.4 is 4.74 Å². The molecule has 0 aliphatic carbocycles. The van der Waals surface area contributed by atoms with Crippen LogP contribution in [-0.4, -0.2) is 41.7 Å². The summed E-state index contributed by atoms with van der Waals surface area (Å²) in [4.78, 5) is 20.2. The third-order valence-corrected chi connectivity index (χ3v) is 7.06. The van der Waals surface area contributed by atoms with Gasteiger partial charge in [0, 0.05) is 18.7 Å². The Bertz CT molecular complexity index is 978. The van der Waals surface area contributed by atoms with Crippen molar-refractivity contribution >= 4 is 27.5 Å². The summed E-state index contributed by atoms with van der Waals surface area (Å²) >= 11 is 1.70. The van der Waals surface area contributed by atoms with Gasteiger partial charge in [-0.15, -0.1) is 11.3 Å². The highest BCUT2D eigenvalue weighted by atomic mass is 32.1. The Kier molecular flexibility index (Phi) is 5.69. The molecule has 1 amide bonds. The third-order valence-electron chi connectivity index (χ3n) is 5.92. The quantitative estimate of drug-likeness (QED) is 0.566. The van der Waals surface area contributed by atoms with Crippen molar-refractivity contribution in [2.24, 2.45) is 0 Å². The van der Waals surface area contributed by atoms with Crippen LogP contribution in [0.15, 0.2) is 48.5 Å². The van der Waals surface area contributed by atoms with Gasteiger partial charge in [0.05, 0.1) is 22.4 Å². The Morgan fingerprint density at radius 1 is 1.10 bits per heavy atom. The summed E-state index contributed by atoms with van der Waals surface area (Å²) < 4.78 is 12.6. The van der Waals surface area contributed by atoms with Crippen molar-refractivity contribution in [2.45, 2.75) is 44.2 Å². The molecule has 3 aromatic rings. The van der Waals surface area contributed by atoms with E-state index in [9.17, 15) is 4.79 Å². The highest BCUT2D eigenvalue weighted by Gasteiger charge is 2.31. The lowest BCUT2D eigenvalue weighted by molar-refractivity contribution is 0.0610. The van der Waals surface area contributed by atoms with Crippen molar-refractivity contribution in [3.8, 4) is 5.75 Å². The molecule has 30 heavy (non-hydrogen) atoms. The lowest BCUT2D eigenvalue weighted by atomic mass is 10.0. The molecule has 3 heterocycles. The first kappa shape index (κ1) is 19.5. The van der Waals surface area contributed by atoms with Gasteiger partial charge in [-0.3, -0.25) is 4.79 Å². The lowest BCUT2D eigenvalue weighted by Gasteiger charge is -2.34. The van der Waals surface area contributed by atoms with E-state index in [0.717, 1.165) is 61.5 Å². The van der Waals surface area contributed by atoms with Gasteiger partial charge in [-0.25, -0.2) is 4.98 Å². The molecule has 2 saturated heterocycles. The van der Waals surface area contributed by atoms with E-state index in [2.05, 4.69) is 6.07 Å². The second-order valence-electron chi connectivity index (χ2n) is 8.00. The highest BCUT2D eigenvalue weighted by molar-refractivity contribution is 7.18. The first-order valence-corrected chi connectivity index (χ1v) is 11.6. The number of thiazole rings is 1. The minimum absolute atomic E-state index is 0.0547. The van der Waals surface area contributed by atoms with Crippen LogP contribution in [0.5, 0.6) is 5.75 Å². The van der Waals surface area contributed by atoms with Gasteiger partial charge in [-0.05, 0) is 68.5 Å². The summed E-state index contributed by atoms with van der Waals surface area (Å²) in [5.74, 6) is 0.855. The first-order valence-electron chi connectivity index (χ1n) is 10.8. The summed E-state index contributed by atoms with van der Waals surface area (Å²) in [6.07, 6.45) is 5.48. The second kappa shape index (κ2) is 8.74. The van der Waals surface area contributed by atoms with E-state index in [0.29, 0.717) is 12.2 Å². The number of rotatable bonds is 5. The fraction of sp³-hybridized carbons (Fsp3) is 0.417. The number of ether oxygens (including phenoxy) is 2. The molecule has 2 aromatic carbocycles. The van der Waals surface area contributed by atoms with Crippen molar-refractivity contribution in [2.75, 3.05) is 19.8 Å². The Labute approximate surface area is 180 Å². The number of hydrogen-bond donors (Lipinski definition) is 0. The van der Waals surface area contributed by atoms with E-state index < -0.39 is 0 Å². The summed E-state index contributed by atoms with van der Waals surface area (Å²) in [5.41, 5.74) is 1.72. The van der Waals surface area contributed by atoms with Crippen LogP contribution in [0.25, 0.3) is 10.2 Å². The number of likely N-dealkylation sites (tertiary alicyclic amines) is 1. The van der Waals surface area contributed by atoms with Crippen LogP contribution in [0.1, 0.15) is 53.5 Å². The molecule has 2 aliphatic rings. The number of para-hydroxylation sites is 1. The Morgan fingerprint density at radius 3 is 2.77 bits per heavy atom. The number of benzene rings is 2. The number of fused-ring (bicyclic) bond motifs is 1. The monoisotopic (exact) mass is 422 g/mol. The number of piperidine rings is 1. The van der Waals surface area contributed by atoms with E-state index >= 15 is 0 Å². The van der Waals surface area contributed by atoms with Crippen molar-refractivity contribution in [1.82, 2.24) is 9.88 Å². The van der Waals surface area contributed by atoms with Crippen LogP contribution >= 0.6 is 11.3 Å². The van der Waals surface area contributed by atoms with Gasteiger partial charge in [-0.2, -0.15) is 0 Å². The number of amides is 1. The zero-order chi connectivity index (χ0) is 20.3. The maximum atomic E-state index is 13.3. The predicted octanol–water partition coefficient (Wildman–Crippen LogP) is 5.22. The topological polar surface area (TPSA) is 51.7 Å². The molecular formula is C24H26N2O3S. The van der Waals surface area contributed by atoms with Gasteiger partial charge in [0.15, 0.2) is 0 Å². The zero-order valence-corrected chi connectivity index (χ0v) is 17.8. The van der Waals surface area contributed by atoms with Gasteiger partial charge in [0.2, 0.25) is 0 Å². The molecule has 6 heteroatoms. The Balaban J connectivity index is 1.30. The predicted molar refractivity (Wildman–Crippen MR) is 118 cm³/mol. The normalized spacial score (nSPS) is 21.8. The standard InChI is InChI=1S/C24H26N2O3S/c27-24(17-10-12-18(13-11-17)29-16-19-6-5-15-28-19)26-14-4-3-8-21(26)23-25-20-7-1-2-9-22(20)30-23/h1-2,7,9-13,19,21H,3-6,8,14-16H2/t19-,21-/m1/s1. The van der Waals surface area contributed by atoms with Crippen LogP contribution in [-0.2, 0) is 4.74 Å². The molecule has 0 N–H and O–H groups in total. The zero-order valence-electron chi connectivity index (χ0n) is 17.0. The van der Waals surface area contributed by atoms with Gasteiger partial charge in [0.25, 0.3) is 5.91 Å². The van der Waals surface area contributed by atoms with Crippen LogP contribution in [0.3, 0.4) is 0 Å². The summed E-state index contributed by atoms with van der Waals surface area (Å²) in [5, 5.41) is 1.04. The van der Waals surface area contributed by atoms with Crippen LogP contribution in [0.4, 0.5) is 0 Å². The van der Waals surface area contributed by atoms with Crippen molar-refractivity contribution in [1.29, 1.82) is 0 Å². The maximum absolute atomic E-state index is 13.3. The first-order chi connectivity index (χ1) is 14.8. The lowest BCUT2D eigenvalue weighted by Crippen LogP contribution is -2.38. The fourth-order valence-electron chi connectivity index (χ4n) is 4.29. The minimum Gasteiger partial charge on any atom is -0.491 e. The van der Waals surface area contributed by atoms with E-state index in [1.165, 1.54) is 4.70 Å². The molecule has 2 atom stereocenters. The molecule has 0 saturated carbocycles. The average Bonchev–Trinajstić information content (AvgIpc) is 3.47. The van der Waals surface area contributed by atoms with Gasteiger partial charge >= 0.3 is 0 Å². The highest BCUT2D eigenvalue weighted by Crippen LogP contribution is 2.36. The number of nitrogens with zero attached hydrogens (tertiary/aromatic N) is 2. The number of carbonyl (C=O) groups is 1. The van der Waals surface area contributed by atoms with Crippen molar-refractivity contribution in [3.05, 3.63) is 59.1 Å². The summed E-state index contributed by atoms with van der Waals surface area (Å²) in [7, 11) is 0. The average molecular weight is 423 g/mol. The van der Waals surface area contributed by atoms with E-state index in [-0.39, 0.29) is 18.1 Å². The number of aromatic nitrogens is 1. The minimum atomic E-state index is 0.0547. The SMILES string of the molecule is O=C(c1ccc(OC[C@H]2CCCO2)cc1)N1CCCC[C@@H]1c1nc2ccccc2s1. The number of hydrogen-bond acceptors (Lipinski definition) is 5. The molecule has 5 rings (SSSR count). The third kappa shape index (κ3) is 4.07. The second-order valence-corrected chi connectivity index (χ2v) is 9.06. The van der Waals surface area contributed by atoms with Crippen molar-refractivity contribution in [3.63, 3.8) is 0 Å². The number of carbonyl (C=O) groups excluding carboxylic acids is 1. The van der Waals surface area contributed by atoms with Gasteiger partial charge in [-0.1, -0.05) is 12.1 Å². The van der Waals surface area contributed by atoms with E-state index in [4.69, 9.17) is 14.5 Å². The molecule has 156 valence electrons. The molecule has 2 aliphatic heterocycles. The fourth-order valence-corrected chi connectivity index (χ4v) is 5.40. The maximum Gasteiger partial charge on any atom is 0.254 e. The largest absolute Gasteiger partial charge is 0.491 e. The molecule has 2 fully saturated rings. The molecule has 0 spiro atoms. The molecule has 1 aromatic heterocycles. The summed E-state index contributed by atoms with van der Waals surface area (Å²) in [6, 6.07) is 15.8. The smallest absolute Gasteiger partial charge is 0.254 e. The summed E-state index contributed by atoms with van der Waals surface area (Å²) in [6.45, 7) is 2.17. The van der Waals surface area contributed by atoms with E-state index in [1.807, 2.05) is 47.4 Å². The molecular weight excluding hydrogens is 396 g/mol. The molecule has 0 unspecified atom stereocenters. The van der Waals surface area contributed by atoms with Gasteiger partial charge < -0.3 is 14.4 Å². The molecule has 0 bridgehead atoms. The van der Waals surface area contributed by atoms with Gasteiger partial charge in [0.1, 0.15) is 17.4 Å². The molecule has 0 radical (unpaired) electrons. The van der Waals surface area contributed by atoms with Crippen molar-refractivity contribution < 1.29 is 14.3 Å². The van der Waals surface area contributed by atoms with Crippen LogP contribution in [0, 0.1) is 0 Å². The Hall–Kier alpha value is -2.44.